The molecule has 0 fully saturated rings. The lowest BCUT2D eigenvalue weighted by Crippen LogP contribution is -2.18. The third-order valence-corrected chi connectivity index (χ3v) is 7.77. The number of fused-ring (bicyclic) bond motifs is 1. The number of carbonyl (C=O) groups excluding carboxylic acids is 1. The van der Waals surface area contributed by atoms with Gasteiger partial charge in [0, 0.05) is 37.4 Å². The van der Waals surface area contributed by atoms with E-state index in [2.05, 4.69) is 15.0 Å². The topological polar surface area (TPSA) is 74.7 Å². The highest BCUT2D eigenvalue weighted by atomic mass is 35.5. The normalized spacial score (nSPS) is 13.6. The van der Waals surface area contributed by atoms with Gasteiger partial charge in [-0.25, -0.2) is 4.99 Å². The van der Waals surface area contributed by atoms with Crippen LogP contribution in [-0.2, 0) is 4.79 Å². The molecule has 4 aromatic rings. The van der Waals surface area contributed by atoms with E-state index in [1.165, 1.54) is 0 Å². The predicted molar refractivity (Wildman–Crippen MR) is 148 cm³/mol. The fraction of sp³-hybridized carbons (Fsp3) is 0.0769. The third-order valence-electron chi connectivity index (χ3n) is 5.24. The Bertz CT molecular complexity index is 1550. The minimum atomic E-state index is -0.295. The smallest absolute Gasteiger partial charge is 0.263 e. The fourth-order valence-electron chi connectivity index (χ4n) is 3.68. The first-order valence-corrected chi connectivity index (χ1v) is 13.2. The number of rotatable bonds is 5. The van der Waals surface area contributed by atoms with Crippen LogP contribution in [0.2, 0.25) is 10.0 Å². The molecule has 1 aliphatic heterocycles. The summed E-state index contributed by atoms with van der Waals surface area (Å²) in [6.45, 7) is 0. The molecule has 0 spiro atoms. The lowest BCUT2D eigenvalue weighted by atomic mass is 10.0. The lowest BCUT2D eigenvalue weighted by Gasteiger charge is -2.15. The molecule has 0 saturated carbocycles. The number of nitrogens with one attached hydrogen (secondary N) is 1. The first-order valence-electron chi connectivity index (χ1n) is 10.6. The van der Waals surface area contributed by atoms with Crippen LogP contribution in [0.5, 0.6) is 0 Å². The molecule has 2 heterocycles. The minimum absolute atomic E-state index is 0.156. The van der Waals surface area contributed by atoms with Crippen LogP contribution >= 0.6 is 46.7 Å². The first-order chi connectivity index (χ1) is 17.0. The van der Waals surface area contributed by atoms with Crippen molar-refractivity contribution in [1.82, 2.24) is 4.98 Å². The third kappa shape index (κ3) is 5.54. The zero-order valence-corrected chi connectivity index (χ0v) is 21.3. The number of thioether (sulfide) groups is 2. The number of H-pyrrole nitrogens is 1. The number of aliphatic imine (C=N–C) groups is 2. The van der Waals surface area contributed by atoms with E-state index in [1.54, 1.807) is 23.9 Å². The highest BCUT2D eigenvalue weighted by molar-refractivity contribution is 8.14. The van der Waals surface area contributed by atoms with Crippen LogP contribution in [0.3, 0.4) is 0 Å². The average molecular weight is 538 g/mol. The Morgan fingerprint density at radius 1 is 0.886 bits per heavy atom. The summed E-state index contributed by atoms with van der Waals surface area (Å²) in [4.78, 5) is 38.7. The number of aromatic amines is 1. The quantitative estimate of drug-likeness (QED) is 0.275. The van der Waals surface area contributed by atoms with Crippen LogP contribution in [0, 0.1) is 0 Å². The number of amides is 1. The molecule has 0 saturated heterocycles. The Morgan fingerprint density at radius 3 is 2.40 bits per heavy atom. The van der Waals surface area contributed by atoms with Crippen molar-refractivity contribution in [3.8, 4) is 11.1 Å². The van der Waals surface area contributed by atoms with Gasteiger partial charge in [-0.3, -0.25) is 9.59 Å². The largest absolute Gasteiger partial charge is 0.321 e. The van der Waals surface area contributed by atoms with E-state index in [1.807, 2.05) is 60.7 Å². The summed E-state index contributed by atoms with van der Waals surface area (Å²) in [5, 5.41) is 2.29. The number of halogens is 2. The summed E-state index contributed by atoms with van der Waals surface area (Å²) < 4.78 is 0. The summed E-state index contributed by atoms with van der Waals surface area (Å²) in [6.07, 6.45) is 0.156. The number of amidine groups is 1. The standard InChI is InChI=1S/C26H17Cl2N3O2S2/c27-16-6-9-19(10-7-16)34-14-18-13-22(32)31-26(29-18)35-24-23(15-4-2-1-3-5-15)20-11-8-17(28)12-21(20)30-25(24)33/h1-12H,13-14H2,(H,30,33). The van der Waals surface area contributed by atoms with Crippen molar-refractivity contribution in [2.45, 2.75) is 16.2 Å². The van der Waals surface area contributed by atoms with Crippen molar-refractivity contribution < 1.29 is 4.79 Å². The molecular formula is C26H17Cl2N3O2S2. The molecule has 0 aliphatic carbocycles. The van der Waals surface area contributed by atoms with Gasteiger partial charge in [0.2, 0.25) is 0 Å². The number of benzene rings is 3. The highest BCUT2D eigenvalue weighted by Gasteiger charge is 2.21. The fourth-order valence-corrected chi connectivity index (χ4v) is 5.78. The van der Waals surface area contributed by atoms with E-state index >= 15 is 0 Å². The molecule has 0 unspecified atom stereocenters. The molecule has 35 heavy (non-hydrogen) atoms. The van der Waals surface area contributed by atoms with Gasteiger partial charge in [-0.1, -0.05) is 59.6 Å². The number of hydrogen-bond acceptors (Lipinski definition) is 5. The van der Waals surface area contributed by atoms with Crippen molar-refractivity contribution >= 4 is 74.4 Å². The maximum Gasteiger partial charge on any atom is 0.263 e. The predicted octanol–water partition coefficient (Wildman–Crippen LogP) is 7.11. The molecule has 0 atom stereocenters. The van der Waals surface area contributed by atoms with Gasteiger partial charge in [-0.15, -0.1) is 11.8 Å². The van der Waals surface area contributed by atoms with E-state index in [-0.39, 0.29) is 23.1 Å². The Balaban J connectivity index is 1.51. The summed E-state index contributed by atoms with van der Waals surface area (Å²) in [7, 11) is 0. The van der Waals surface area contributed by atoms with Gasteiger partial charge in [0.05, 0.1) is 16.8 Å². The van der Waals surface area contributed by atoms with Crippen molar-refractivity contribution in [2.24, 2.45) is 9.98 Å². The number of aromatic nitrogens is 1. The van der Waals surface area contributed by atoms with E-state index in [0.717, 1.165) is 33.2 Å². The van der Waals surface area contributed by atoms with E-state index in [0.29, 0.717) is 31.9 Å². The zero-order chi connectivity index (χ0) is 24.4. The van der Waals surface area contributed by atoms with Gasteiger partial charge in [-0.05, 0) is 53.7 Å². The van der Waals surface area contributed by atoms with Crippen LogP contribution < -0.4 is 5.56 Å². The number of carbonyl (C=O) groups is 1. The Morgan fingerprint density at radius 2 is 1.63 bits per heavy atom. The summed E-state index contributed by atoms with van der Waals surface area (Å²) in [6, 6.07) is 22.5. The Hall–Kier alpha value is -2.84. The number of hydrogen-bond donors (Lipinski definition) is 1. The van der Waals surface area contributed by atoms with Gasteiger partial charge in [-0.2, -0.15) is 4.99 Å². The Kier molecular flexibility index (Phi) is 7.11. The van der Waals surface area contributed by atoms with Crippen LogP contribution in [0.1, 0.15) is 6.42 Å². The summed E-state index contributed by atoms with van der Waals surface area (Å²) in [5.41, 5.74) is 2.67. The van der Waals surface area contributed by atoms with Gasteiger partial charge in [0.15, 0.2) is 5.17 Å². The number of nitrogens with zero attached hydrogens (tertiary/aromatic N) is 2. The first kappa shape index (κ1) is 23.9. The molecule has 5 nitrogen and oxygen atoms in total. The SMILES string of the molecule is O=C1CC(CSc2ccc(Cl)cc2)=NC(Sc2c(-c3ccccc3)c3ccc(Cl)cc3[nH]c2=O)=N1. The number of pyridine rings is 1. The van der Waals surface area contributed by atoms with Crippen molar-refractivity contribution in [3.05, 3.63) is 93.2 Å². The van der Waals surface area contributed by atoms with E-state index in [9.17, 15) is 9.59 Å². The minimum Gasteiger partial charge on any atom is -0.321 e. The molecule has 174 valence electrons. The van der Waals surface area contributed by atoms with Gasteiger partial charge in [0.1, 0.15) is 0 Å². The Labute approximate surface area is 219 Å². The van der Waals surface area contributed by atoms with Crippen LogP contribution in [0.25, 0.3) is 22.0 Å². The second-order valence-electron chi connectivity index (χ2n) is 7.70. The molecule has 1 amide bonds. The van der Waals surface area contributed by atoms with Crippen molar-refractivity contribution in [3.63, 3.8) is 0 Å². The van der Waals surface area contributed by atoms with Crippen LogP contribution in [0.4, 0.5) is 0 Å². The maximum absolute atomic E-state index is 13.2. The van der Waals surface area contributed by atoms with Crippen LogP contribution in [0.15, 0.2) is 97.4 Å². The average Bonchev–Trinajstić information content (AvgIpc) is 2.84. The molecular weight excluding hydrogens is 521 g/mol. The van der Waals surface area contributed by atoms with Gasteiger partial charge < -0.3 is 4.98 Å². The van der Waals surface area contributed by atoms with E-state index in [4.69, 9.17) is 23.2 Å². The van der Waals surface area contributed by atoms with Gasteiger partial charge >= 0.3 is 0 Å². The molecule has 3 aromatic carbocycles. The summed E-state index contributed by atoms with van der Waals surface area (Å²) >= 11 is 14.8. The highest BCUT2D eigenvalue weighted by Crippen LogP contribution is 2.36. The molecule has 9 heteroatoms. The molecule has 1 aliphatic rings. The zero-order valence-electron chi connectivity index (χ0n) is 18.1. The molecule has 0 radical (unpaired) electrons. The van der Waals surface area contributed by atoms with Crippen LogP contribution in [-0.4, -0.2) is 27.5 Å². The van der Waals surface area contributed by atoms with E-state index < -0.39 is 0 Å². The second kappa shape index (κ2) is 10.4. The summed E-state index contributed by atoms with van der Waals surface area (Å²) in [5.74, 6) is 0.255. The van der Waals surface area contributed by atoms with Crippen molar-refractivity contribution in [2.75, 3.05) is 5.75 Å². The molecule has 0 bridgehead atoms. The second-order valence-corrected chi connectivity index (χ2v) is 10.6. The molecule has 1 aromatic heterocycles. The molecule has 1 N–H and O–H groups in total. The maximum atomic E-state index is 13.2. The lowest BCUT2D eigenvalue weighted by molar-refractivity contribution is -0.116. The molecule has 5 rings (SSSR count). The van der Waals surface area contributed by atoms with Crippen molar-refractivity contribution in [1.29, 1.82) is 0 Å². The monoisotopic (exact) mass is 537 g/mol. The van der Waals surface area contributed by atoms with Gasteiger partial charge in [0.25, 0.3) is 11.5 Å².